The van der Waals surface area contributed by atoms with Crippen LogP contribution in [0.5, 0.6) is 11.5 Å². The van der Waals surface area contributed by atoms with E-state index in [1.165, 1.54) is 25.0 Å². The van der Waals surface area contributed by atoms with Crippen molar-refractivity contribution in [1.29, 1.82) is 0 Å². The molecule has 0 bridgehead atoms. The summed E-state index contributed by atoms with van der Waals surface area (Å²) in [6.07, 6.45) is 2.46. The van der Waals surface area contributed by atoms with Crippen LogP contribution in [0, 0.1) is 10.1 Å². The van der Waals surface area contributed by atoms with Crippen LogP contribution in [0.1, 0.15) is 18.4 Å². The van der Waals surface area contributed by atoms with Gasteiger partial charge in [-0.05, 0) is 25.0 Å². The first-order valence-electron chi connectivity index (χ1n) is 6.96. The highest BCUT2D eigenvalue weighted by Gasteiger charge is 2.20. The van der Waals surface area contributed by atoms with Gasteiger partial charge in [-0.3, -0.25) is 10.1 Å². The Kier molecular flexibility index (Phi) is 3.83. The van der Waals surface area contributed by atoms with Gasteiger partial charge in [0.25, 0.3) is 5.69 Å². The quantitative estimate of drug-likeness (QED) is 0.649. The molecule has 1 aliphatic carbocycles. The molecule has 0 spiro atoms. The molecule has 0 unspecified atom stereocenters. The molecule has 0 atom stereocenters. The van der Waals surface area contributed by atoms with E-state index in [9.17, 15) is 10.1 Å². The van der Waals surface area contributed by atoms with Gasteiger partial charge >= 0.3 is 0 Å². The first kappa shape index (κ1) is 13.6. The Morgan fingerprint density at radius 2 is 2.00 bits per heavy atom. The highest BCUT2D eigenvalue weighted by molar-refractivity contribution is 5.42. The van der Waals surface area contributed by atoms with E-state index >= 15 is 0 Å². The Labute approximate surface area is 122 Å². The van der Waals surface area contributed by atoms with Crippen molar-refractivity contribution in [2.75, 3.05) is 0 Å². The number of nitrogens with zero attached hydrogens (tertiary/aromatic N) is 1. The van der Waals surface area contributed by atoms with E-state index in [1.807, 2.05) is 24.3 Å². The maximum atomic E-state index is 10.8. The van der Waals surface area contributed by atoms with Crippen LogP contribution >= 0.6 is 0 Å². The van der Waals surface area contributed by atoms with Gasteiger partial charge in [-0.25, -0.2) is 0 Å². The van der Waals surface area contributed by atoms with Crippen molar-refractivity contribution in [3.8, 4) is 11.5 Å². The van der Waals surface area contributed by atoms with E-state index in [2.05, 4.69) is 5.32 Å². The van der Waals surface area contributed by atoms with E-state index in [-0.39, 0.29) is 5.69 Å². The zero-order valence-electron chi connectivity index (χ0n) is 11.5. The summed E-state index contributed by atoms with van der Waals surface area (Å²) in [6, 6.07) is 14.6. The third-order valence-corrected chi connectivity index (χ3v) is 3.39. The standard InChI is InChI=1S/C16H16N2O3/c19-18(20)14-5-3-6-15(10-14)21-16-7-2-1-4-12(16)11-17-13-8-9-13/h1-7,10,13,17H,8-9,11H2. The van der Waals surface area contributed by atoms with Crippen LogP contribution < -0.4 is 10.1 Å². The largest absolute Gasteiger partial charge is 0.457 e. The summed E-state index contributed by atoms with van der Waals surface area (Å²) >= 11 is 0. The van der Waals surface area contributed by atoms with Crippen LogP contribution in [-0.4, -0.2) is 11.0 Å². The fourth-order valence-electron chi connectivity index (χ4n) is 2.08. The normalized spacial score (nSPS) is 13.9. The SMILES string of the molecule is O=[N+]([O-])c1cccc(Oc2ccccc2CNC2CC2)c1. The molecule has 3 rings (SSSR count). The molecular formula is C16H16N2O3. The van der Waals surface area contributed by atoms with Gasteiger partial charge in [-0.15, -0.1) is 0 Å². The number of ether oxygens (including phenoxy) is 1. The molecule has 0 aliphatic heterocycles. The lowest BCUT2D eigenvalue weighted by Crippen LogP contribution is -2.15. The predicted molar refractivity (Wildman–Crippen MR) is 79.5 cm³/mol. The second-order valence-electron chi connectivity index (χ2n) is 5.12. The third kappa shape index (κ3) is 3.58. The van der Waals surface area contributed by atoms with Gasteiger partial charge in [0.1, 0.15) is 11.5 Å². The van der Waals surface area contributed by atoms with Crippen molar-refractivity contribution < 1.29 is 9.66 Å². The topological polar surface area (TPSA) is 64.4 Å². The molecule has 0 heterocycles. The van der Waals surface area contributed by atoms with Gasteiger partial charge in [0.05, 0.1) is 11.0 Å². The number of nitrogens with one attached hydrogen (secondary N) is 1. The molecule has 1 saturated carbocycles. The van der Waals surface area contributed by atoms with Crippen molar-refractivity contribution in [2.45, 2.75) is 25.4 Å². The molecule has 5 nitrogen and oxygen atoms in total. The highest BCUT2D eigenvalue weighted by Crippen LogP contribution is 2.28. The molecule has 21 heavy (non-hydrogen) atoms. The molecule has 0 amide bonds. The van der Waals surface area contributed by atoms with Gasteiger partial charge in [0.15, 0.2) is 0 Å². The van der Waals surface area contributed by atoms with E-state index in [0.717, 1.165) is 17.9 Å². The average Bonchev–Trinajstić information content (AvgIpc) is 3.31. The first-order chi connectivity index (χ1) is 10.2. The summed E-state index contributed by atoms with van der Waals surface area (Å²) in [5.41, 5.74) is 1.08. The Morgan fingerprint density at radius 3 is 2.76 bits per heavy atom. The van der Waals surface area contributed by atoms with Gasteiger partial charge in [0, 0.05) is 24.2 Å². The van der Waals surface area contributed by atoms with Crippen LogP contribution in [0.25, 0.3) is 0 Å². The number of benzene rings is 2. The Morgan fingerprint density at radius 1 is 1.19 bits per heavy atom. The minimum Gasteiger partial charge on any atom is -0.457 e. The predicted octanol–water partition coefficient (Wildman–Crippen LogP) is 3.64. The number of non-ortho nitro benzene ring substituents is 1. The Hall–Kier alpha value is -2.40. The number of nitro groups is 1. The maximum absolute atomic E-state index is 10.8. The fourth-order valence-corrected chi connectivity index (χ4v) is 2.08. The van der Waals surface area contributed by atoms with Crippen LogP contribution in [0.2, 0.25) is 0 Å². The zero-order chi connectivity index (χ0) is 14.7. The molecule has 0 saturated heterocycles. The average molecular weight is 284 g/mol. The molecule has 2 aromatic carbocycles. The van der Waals surface area contributed by atoms with Crippen LogP contribution in [0.15, 0.2) is 48.5 Å². The zero-order valence-corrected chi connectivity index (χ0v) is 11.5. The summed E-state index contributed by atoms with van der Waals surface area (Å²) < 4.78 is 5.81. The lowest BCUT2D eigenvalue weighted by Gasteiger charge is -2.11. The van der Waals surface area contributed by atoms with E-state index in [1.54, 1.807) is 12.1 Å². The Bertz CT molecular complexity index is 653. The first-order valence-corrected chi connectivity index (χ1v) is 6.96. The molecule has 108 valence electrons. The number of hydrogen-bond acceptors (Lipinski definition) is 4. The third-order valence-electron chi connectivity index (χ3n) is 3.39. The van der Waals surface area contributed by atoms with Crippen molar-refractivity contribution >= 4 is 5.69 Å². The minimum absolute atomic E-state index is 0.0288. The molecule has 0 radical (unpaired) electrons. The van der Waals surface area contributed by atoms with Crippen LogP contribution in [-0.2, 0) is 6.54 Å². The van der Waals surface area contributed by atoms with Crippen LogP contribution in [0.4, 0.5) is 5.69 Å². The molecule has 5 heteroatoms. The van der Waals surface area contributed by atoms with Gasteiger partial charge in [0.2, 0.25) is 0 Å². The summed E-state index contributed by atoms with van der Waals surface area (Å²) in [5, 5.41) is 14.2. The number of rotatable bonds is 6. The lowest BCUT2D eigenvalue weighted by atomic mass is 10.2. The van der Waals surface area contributed by atoms with Gasteiger partial charge < -0.3 is 10.1 Å². The Balaban J connectivity index is 1.77. The second kappa shape index (κ2) is 5.93. The number of hydrogen-bond donors (Lipinski definition) is 1. The van der Waals surface area contributed by atoms with Gasteiger partial charge in [-0.1, -0.05) is 24.3 Å². The molecular weight excluding hydrogens is 268 g/mol. The van der Waals surface area contributed by atoms with Crippen molar-refractivity contribution in [2.24, 2.45) is 0 Å². The van der Waals surface area contributed by atoms with Crippen LogP contribution in [0.3, 0.4) is 0 Å². The van der Waals surface area contributed by atoms with Gasteiger partial charge in [-0.2, -0.15) is 0 Å². The molecule has 0 aromatic heterocycles. The molecule has 1 N–H and O–H groups in total. The smallest absolute Gasteiger partial charge is 0.273 e. The summed E-state index contributed by atoms with van der Waals surface area (Å²) in [5.74, 6) is 1.20. The number of nitro benzene ring substituents is 1. The van der Waals surface area contributed by atoms with E-state index in [4.69, 9.17) is 4.74 Å². The maximum Gasteiger partial charge on any atom is 0.273 e. The molecule has 2 aromatic rings. The molecule has 1 aliphatic rings. The monoisotopic (exact) mass is 284 g/mol. The fraction of sp³-hybridized carbons (Fsp3) is 0.250. The second-order valence-corrected chi connectivity index (χ2v) is 5.12. The summed E-state index contributed by atoms with van der Waals surface area (Å²) in [4.78, 5) is 10.4. The molecule has 1 fully saturated rings. The highest BCUT2D eigenvalue weighted by atomic mass is 16.6. The van der Waals surface area contributed by atoms with Crippen molar-refractivity contribution in [3.63, 3.8) is 0 Å². The number of para-hydroxylation sites is 1. The lowest BCUT2D eigenvalue weighted by molar-refractivity contribution is -0.384. The summed E-state index contributed by atoms with van der Waals surface area (Å²) in [7, 11) is 0. The summed E-state index contributed by atoms with van der Waals surface area (Å²) in [6.45, 7) is 0.746. The van der Waals surface area contributed by atoms with E-state index in [0.29, 0.717) is 11.8 Å². The minimum atomic E-state index is -0.423. The van der Waals surface area contributed by atoms with E-state index < -0.39 is 4.92 Å². The van der Waals surface area contributed by atoms with Crippen molar-refractivity contribution in [3.05, 3.63) is 64.2 Å². The van der Waals surface area contributed by atoms with Crippen molar-refractivity contribution in [1.82, 2.24) is 5.32 Å².